The number of aromatic nitrogens is 1. The highest BCUT2D eigenvalue weighted by Gasteiger charge is 2.25. The maximum Gasteiger partial charge on any atom is 0.310 e. The smallest absolute Gasteiger partial charge is 0.310 e. The van der Waals surface area contributed by atoms with E-state index in [1.54, 1.807) is 11.3 Å². The molecule has 9 heteroatoms. The lowest BCUT2D eigenvalue weighted by Crippen LogP contribution is -2.10. The van der Waals surface area contributed by atoms with Crippen molar-refractivity contribution in [2.45, 2.75) is 11.3 Å². The fourth-order valence-corrected chi connectivity index (χ4v) is 4.31. The summed E-state index contributed by atoms with van der Waals surface area (Å²) in [4.78, 5) is 14.9. The molecule has 0 aliphatic heterocycles. The number of nitro groups is 1. The molecule has 1 aromatic heterocycles. The SMILES string of the molecule is CS(=O)(=O)c1cccc(NCCc2nc3ccccc3s2)c1[N+](=O)[O-]. The minimum Gasteiger partial charge on any atom is -0.379 e. The first-order chi connectivity index (χ1) is 11.9. The van der Waals surface area contributed by atoms with Gasteiger partial charge in [0.15, 0.2) is 9.84 Å². The minimum absolute atomic E-state index is 0.189. The van der Waals surface area contributed by atoms with E-state index in [4.69, 9.17) is 0 Å². The van der Waals surface area contributed by atoms with Gasteiger partial charge in [-0.1, -0.05) is 18.2 Å². The minimum atomic E-state index is -3.69. The van der Waals surface area contributed by atoms with E-state index < -0.39 is 20.4 Å². The zero-order valence-corrected chi connectivity index (χ0v) is 14.9. The van der Waals surface area contributed by atoms with Gasteiger partial charge in [0.05, 0.1) is 20.1 Å². The van der Waals surface area contributed by atoms with Gasteiger partial charge in [-0.2, -0.15) is 0 Å². The third-order valence-corrected chi connectivity index (χ3v) is 5.80. The largest absolute Gasteiger partial charge is 0.379 e. The molecule has 0 aliphatic carbocycles. The van der Waals surface area contributed by atoms with E-state index in [9.17, 15) is 18.5 Å². The number of anilines is 1. The van der Waals surface area contributed by atoms with Gasteiger partial charge in [-0.05, 0) is 24.3 Å². The van der Waals surface area contributed by atoms with Gasteiger partial charge in [-0.15, -0.1) is 11.3 Å². The number of fused-ring (bicyclic) bond motifs is 1. The van der Waals surface area contributed by atoms with Crippen molar-refractivity contribution in [3.05, 3.63) is 57.6 Å². The first kappa shape index (κ1) is 17.3. The Bertz CT molecular complexity index is 1010. The van der Waals surface area contributed by atoms with Crippen molar-refractivity contribution in [2.24, 2.45) is 0 Å². The molecule has 0 aliphatic rings. The fraction of sp³-hybridized carbons (Fsp3) is 0.188. The molecule has 0 fully saturated rings. The van der Waals surface area contributed by atoms with E-state index >= 15 is 0 Å². The molecule has 0 saturated heterocycles. The second kappa shape index (κ2) is 6.77. The topological polar surface area (TPSA) is 102 Å². The standard InChI is InChI=1S/C16H15N3O4S2/c1-25(22,23)14-8-4-6-12(16(14)19(20)21)17-10-9-15-18-11-5-2-3-7-13(11)24-15/h2-8,17H,9-10H2,1H3. The van der Waals surface area contributed by atoms with Crippen LogP contribution >= 0.6 is 11.3 Å². The summed E-state index contributed by atoms with van der Waals surface area (Å²) in [5.74, 6) is 0. The van der Waals surface area contributed by atoms with Gasteiger partial charge >= 0.3 is 5.69 Å². The Morgan fingerprint density at radius 3 is 2.64 bits per heavy atom. The average molecular weight is 377 g/mol. The summed E-state index contributed by atoms with van der Waals surface area (Å²) in [6, 6.07) is 12.0. The Morgan fingerprint density at radius 1 is 1.20 bits per heavy atom. The second-order valence-corrected chi connectivity index (χ2v) is 8.53. The lowest BCUT2D eigenvalue weighted by Gasteiger charge is -2.08. The molecule has 3 rings (SSSR count). The summed E-state index contributed by atoms with van der Waals surface area (Å²) in [5.41, 5.74) is 0.691. The van der Waals surface area contributed by atoms with Crippen molar-refractivity contribution >= 4 is 42.8 Å². The average Bonchev–Trinajstić information content (AvgIpc) is 2.96. The summed E-state index contributed by atoms with van der Waals surface area (Å²) in [5, 5.41) is 15.2. The van der Waals surface area contributed by atoms with Gasteiger partial charge in [0.25, 0.3) is 0 Å². The van der Waals surface area contributed by atoms with Crippen molar-refractivity contribution in [2.75, 3.05) is 18.1 Å². The Kier molecular flexibility index (Phi) is 4.69. The molecule has 0 spiro atoms. The Hall–Kier alpha value is -2.52. The second-order valence-electron chi connectivity index (χ2n) is 5.43. The monoisotopic (exact) mass is 377 g/mol. The molecule has 1 N–H and O–H groups in total. The van der Waals surface area contributed by atoms with Gasteiger partial charge in [0.1, 0.15) is 10.6 Å². The summed E-state index contributed by atoms with van der Waals surface area (Å²) >= 11 is 1.57. The quantitative estimate of drug-likeness (QED) is 0.522. The van der Waals surface area contributed by atoms with Gasteiger partial charge in [-0.25, -0.2) is 13.4 Å². The third-order valence-electron chi connectivity index (χ3n) is 3.57. The number of nitrogens with zero attached hydrogens (tertiary/aromatic N) is 2. The fourth-order valence-electron chi connectivity index (χ4n) is 2.48. The third kappa shape index (κ3) is 3.77. The number of hydrogen-bond donors (Lipinski definition) is 1. The van der Waals surface area contributed by atoms with Gasteiger partial charge in [0.2, 0.25) is 0 Å². The van der Waals surface area contributed by atoms with Crippen molar-refractivity contribution in [1.29, 1.82) is 0 Å². The predicted octanol–water partition coefficient (Wildman–Crippen LogP) is 3.26. The lowest BCUT2D eigenvalue weighted by molar-refractivity contribution is -0.386. The van der Waals surface area contributed by atoms with Crippen LogP contribution in [0.3, 0.4) is 0 Å². The van der Waals surface area contributed by atoms with Crippen molar-refractivity contribution in [3.8, 4) is 0 Å². The molecule has 0 bridgehead atoms. The normalized spacial score (nSPS) is 11.6. The molecule has 1 heterocycles. The van der Waals surface area contributed by atoms with E-state index in [0.29, 0.717) is 13.0 Å². The lowest BCUT2D eigenvalue weighted by atomic mass is 10.2. The van der Waals surface area contributed by atoms with Crippen LogP contribution < -0.4 is 5.32 Å². The van der Waals surface area contributed by atoms with Crippen LogP contribution in [-0.2, 0) is 16.3 Å². The zero-order chi connectivity index (χ0) is 18.0. The maximum absolute atomic E-state index is 11.8. The Labute approximate surface area is 148 Å². The van der Waals surface area contributed by atoms with Crippen LogP contribution in [-0.4, -0.2) is 31.1 Å². The molecule has 7 nitrogen and oxygen atoms in total. The zero-order valence-electron chi connectivity index (χ0n) is 13.3. The van der Waals surface area contributed by atoms with Crippen LogP contribution in [0, 0.1) is 10.1 Å². The number of para-hydroxylation sites is 2. The van der Waals surface area contributed by atoms with E-state index in [0.717, 1.165) is 21.5 Å². The summed E-state index contributed by atoms with van der Waals surface area (Å²) in [7, 11) is -3.69. The van der Waals surface area contributed by atoms with Crippen LogP contribution in [0.15, 0.2) is 47.4 Å². The Morgan fingerprint density at radius 2 is 1.96 bits per heavy atom. The molecule has 0 amide bonds. The molecule has 3 aromatic rings. The summed E-state index contributed by atoms with van der Waals surface area (Å²) in [6.07, 6.45) is 1.54. The van der Waals surface area contributed by atoms with E-state index in [1.165, 1.54) is 18.2 Å². The van der Waals surface area contributed by atoms with E-state index in [-0.39, 0.29) is 10.6 Å². The van der Waals surface area contributed by atoms with Crippen LogP contribution in [0.2, 0.25) is 0 Å². The maximum atomic E-state index is 11.8. The van der Waals surface area contributed by atoms with E-state index in [1.807, 2.05) is 24.3 Å². The molecular formula is C16H15N3O4S2. The van der Waals surface area contributed by atoms with Gasteiger partial charge in [0, 0.05) is 19.2 Å². The first-order valence-electron chi connectivity index (χ1n) is 7.42. The summed E-state index contributed by atoms with van der Waals surface area (Å²) < 4.78 is 24.6. The molecule has 0 atom stereocenters. The molecule has 0 saturated carbocycles. The Balaban J connectivity index is 1.80. The van der Waals surface area contributed by atoms with Crippen LogP contribution in [0.1, 0.15) is 5.01 Å². The van der Waals surface area contributed by atoms with Gasteiger partial charge in [-0.3, -0.25) is 10.1 Å². The molecule has 2 aromatic carbocycles. The number of thiazole rings is 1. The first-order valence-corrected chi connectivity index (χ1v) is 10.1. The van der Waals surface area contributed by atoms with Crippen LogP contribution in [0.5, 0.6) is 0 Å². The number of benzene rings is 2. The molecule has 25 heavy (non-hydrogen) atoms. The van der Waals surface area contributed by atoms with Gasteiger partial charge < -0.3 is 5.32 Å². The predicted molar refractivity (Wildman–Crippen MR) is 98.0 cm³/mol. The van der Waals surface area contributed by atoms with Crippen LogP contribution in [0.4, 0.5) is 11.4 Å². The van der Waals surface area contributed by atoms with Crippen molar-refractivity contribution in [1.82, 2.24) is 4.98 Å². The number of rotatable bonds is 6. The number of hydrogen-bond acceptors (Lipinski definition) is 7. The van der Waals surface area contributed by atoms with Crippen molar-refractivity contribution in [3.63, 3.8) is 0 Å². The highest BCUT2D eigenvalue weighted by Crippen LogP contribution is 2.32. The number of nitrogens with one attached hydrogen (secondary N) is 1. The molecule has 0 radical (unpaired) electrons. The summed E-state index contributed by atoms with van der Waals surface area (Å²) in [6.45, 7) is 0.411. The molecule has 0 unspecified atom stereocenters. The highest BCUT2D eigenvalue weighted by atomic mass is 32.2. The molecular weight excluding hydrogens is 362 g/mol. The highest BCUT2D eigenvalue weighted by molar-refractivity contribution is 7.90. The van der Waals surface area contributed by atoms with E-state index in [2.05, 4.69) is 10.3 Å². The number of sulfone groups is 1. The van der Waals surface area contributed by atoms with Crippen LogP contribution in [0.25, 0.3) is 10.2 Å². The number of nitro benzene ring substituents is 1. The van der Waals surface area contributed by atoms with Crippen molar-refractivity contribution < 1.29 is 13.3 Å². The molecule has 130 valence electrons.